The molecule has 0 spiro atoms. The van der Waals surface area contributed by atoms with Crippen molar-refractivity contribution in [1.29, 1.82) is 0 Å². The van der Waals surface area contributed by atoms with Gasteiger partial charge in [0, 0.05) is 25.2 Å². The van der Waals surface area contributed by atoms with E-state index >= 15 is 0 Å². The van der Waals surface area contributed by atoms with Crippen molar-refractivity contribution in [3.8, 4) is 0 Å². The van der Waals surface area contributed by atoms with Crippen molar-refractivity contribution in [3.05, 3.63) is 30.1 Å². The molecule has 1 heterocycles. The van der Waals surface area contributed by atoms with Crippen LogP contribution in [0.25, 0.3) is 11.0 Å². The van der Waals surface area contributed by atoms with Crippen LogP contribution >= 0.6 is 0 Å². The minimum Gasteiger partial charge on any atom is -0.345 e. The number of carbonyl (C=O) groups excluding carboxylic acids is 1. The number of hydrogen-bond donors (Lipinski definition) is 1. The van der Waals surface area contributed by atoms with E-state index in [9.17, 15) is 4.79 Å². The third-order valence-electron chi connectivity index (χ3n) is 3.36. The molecule has 1 N–H and O–H groups in total. The second-order valence-electron chi connectivity index (χ2n) is 6.08. The van der Waals surface area contributed by atoms with Gasteiger partial charge in [0.05, 0.1) is 17.4 Å². The zero-order chi connectivity index (χ0) is 15.4. The Bertz CT molecular complexity index is 603. The summed E-state index contributed by atoms with van der Waals surface area (Å²) < 4.78 is 0. The number of aromatic amines is 1. The van der Waals surface area contributed by atoms with Gasteiger partial charge >= 0.3 is 0 Å². The molecule has 0 aliphatic carbocycles. The molecule has 21 heavy (non-hydrogen) atoms. The molecule has 5 heteroatoms. The van der Waals surface area contributed by atoms with Gasteiger partial charge in [-0.3, -0.25) is 4.79 Å². The molecule has 2 aromatic rings. The highest BCUT2D eigenvalue weighted by Crippen LogP contribution is 2.14. The maximum absolute atomic E-state index is 12.7. The predicted octanol–water partition coefficient (Wildman–Crippen LogP) is 2.22. The number of benzene rings is 1. The monoisotopic (exact) mass is 288 g/mol. The van der Waals surface area contributed by atoms with Crippen LogP contribution in [0.3, 0.4) is 0 Å². The standard InChI is InChI=1S/C16H24N4O/c1-12(2)10-20(8-7-19(3)4)16(21)13-5-6-14-15(9-13)18-11-17-14/h5-6,9,11-12H,7-8,10H2,1-4H3,(H,17,18). The highest BCUT2D eigenvalue weighted by Gasteiger charge is 2.17. The fourth-order valence-corrected chi connectivity index (χ4v) is 2.29. The molecule has 0 unspecified atom stereocenters. The SMILES string of the molecule is CC(C)CN(CCN(C)C)C(=O)c1ccc2nc[nH]c2c1. The summed E-state index contributed by atoms with van der Waals surface area (Å²) in [5.74, 6) is 0.536. The van der Waals surface area contributed by atoms with E-state index in [1.807, 2.05) is 37.2 Å². The van der Waals surface area contributed by atoms with Crippen LogP contribution in [-0.2, 0) is 0 Å². The lowest BCUT2D eigenvalue weighted by Gasteiger charge is -2.26. The number of nitrogens with one attached hydrogen (secondary N) is 1. The Morgan fingerprint density at radius 3 is 2.71 bits per heavy atom. The van der Waals surface area contributed by atoms with Crippen molar-refractivity contribution in [2.24, 2.45) is 5.92 Å². The van der Waals surface area contributed by atoms with Crippen molar-refractivity contribution in [2.45, 2.75) is 13.8 Å². The third-order valence-corrected chi connectivity index (χ3v) is 3.36. The maximum atomic E-state index is 12.7. The summed E-state index contributed by atoms with van der Waals surface area (Å²) in [6, 6.07) is 5.63. The number of imidazole rings is 1. The van der Waals surface area contributed by atoms with Gasteiger partial charge in [0.2, 0.25) is 0 Å². The van der Waals surface area contributed by atoms with Gasteiger partial charge in [-0.1, -0.05) is 13.8 Å². The van der Waals surface area contributed by atoms with Crippen molar-refractivity contribution < 1.29 is 4.79 Å². The number of hydrogen-bond acceptors (Lipinski definition) is 3. The van der Waals surface area contributed by atoms with Crippen LogP contribution in [0.1, 0.15) is 24.2 Å². The second kappa shape index (κ2) is 6.72. The van der Waals surface area contributed by atoms with Gasteiger partial charge in [-0.2, -0.15) is 0 Å². The Labute approximate surface area is 126 Å². The quantitative estimate of drug-likeness (QED) is 0.887. The van der Waals surface area contributed by atoms with E-state index in [1.165, 1.54) is 0 Å². The van der Waals surface area contributed by atoms with Crippen LogP contribution in [0.4, 0.5) is 0 Å². The lowest BCUT2D eigenvalue weighted by Crippen LogP contribution is -2.39. The summed E-state index contributed by atoms with van der Waals surface area (Å²) in [7, 11) is 4.05. The number of nitrogens with zero attached hydrogens (tertiary/aromatic N) is 3. The third kappa shape index (κ3) is 4.04. The van der Waals surface area contributed by atoms with Crippen LogP contribution in [0.15, 0.2) is 24.5 Å². The number of amides is 1. The fraction of sp³-hybridized carbons (Fsp3) is 0.500. The molecule has 0 saturated carbocycles. The molecule has 0 bridgehead atoms. The van der Waals surface area contributed by atoms with E-state index in [0.29, 0.717) is 11.5 Å². The van der Waals surface area contributed by atoms with E-state index in [2.05, 4.69) is 28.7 Å². The molecule has 0 radical (unpaired) electrons. The average Bonchev–Trinajstić information content (AvgIpc) is 2.89. The van der Waals surface area contributed by atoms with Gasteiger partial charge in [0.15, 0.2) is 0 Å². The first-order chi connectivity index (χ1) is 9.97. The van der Waals surface area contributed by atoms with Crippen LogP contribution in [0, 0.1) is 5.92 Å². The molecule has 0 fully saturated rings. The molecule has 1 amide bonds. The summed E-state index contributed by atoms with van der Waals surface area (Å²) in [6.45, 7) is 6.64. The Hall–Kier alpha value is -1.88. The van der Waals surface area contributed by atoms with E-state index in [1.54, 1.807) is 6.33 Å². The molecular weight excluding hydrogens is 264 g/mol. The van der Waals surface area contributed by atoms with Crippen LogP contribution < -0.4 is 0 Å². The topological polar surface area (TPSA) is 52.2 Å². The second-order valence-corrected chi connectivity index (χ2v) is 6.08. The van der Waals surface area contributed by atoms with Crippen molar-refractivity contribution >= 4 is 16.9 Å². The lowest BCUT2D eigenvalue weighted by atomic mass is 10.1. The van der Waals surface area contributed by atoms with Gasteiger partial charge in [-0.15, -0.1) is 0 Å². The summed E-state index contributed by atoms with van der Waals surface area (Å²) in [5.41, 5.74) is 2.50. The molecule has 0 aliphatic rings. The number of carbonyl (C=O) groups is 1. The van der Waals surface area contributed by atoms with Crippen LogP contribution in [-0.4, -0.2) is 59.4 Å². The summed E-state index contributed by atoms with van der Waals surface area (Å²) in [5, 5.41) is 0. The lowest BCUT2D eigenvalue weighted by molar-refractivity contribution is 0.0725. The Morgan fingerprint density at radius 2 is 2.05 bits per heavy atom. The van der Waals surface area contributed by atoms with Crippen molar-refractivity contribution in [1.82, 2.24) is 19.8 Å². The number of rotatable bonds is 6. The first-order valence-electron chi connectivity index (χ1n) is 7.34. The van der Waals surface area contributed by atoms with Crippen LogP contribution in [0.2, 0.25) is 0 Å². The zero-order valence-corrected chi connectivity index (χ0v) is 13.3. The summed E-state index contributed by atoms with van der Waals surface area (Å²) in [6.07, 6.45) is 1.65. The van der Waals surface area contributed by atoms with E-state index in [-0.39, 0.29) is 5.91 Å². The van der Waals surface area contributed by atoms with E-state index in [4.69, 9.17) is 0 Å². The minimum atomic E-state index is 0.0852. The Kier molecular flexibility index (Phi) is 4.96. The summed E-state index contributed by atoms with van der Waals surface area (Å²) in [4.78, 5) is 24.0. The molecule has 1 aromatic heterocycles. The highest BCUT2D eigenvalue weighted by molar-refractivity contribution is 5.97. The molecule has 0 saturated heterocycles. The van der Waals surface area contributed by atoms with Crippen molar-refractivity contribution in [3.63, 3.8) is 0 Å². The summed E-state index contributed by atoms with van der Waals surface area (Å²) >= 11 is 0. The smallest absolute Gasteiger partial charge is 0.253 e. The molecule has 114 valence electrons. The maximum Gasteiger partial charge on any atom is 0.253 e. The van der Waals surface area contributed by atoms with Gasteiger partial charge in [0.25, 0.3) is 5.91 Å². The zero-order valence-electron chi connectivity index (χ0n) is 13.3. The number of H-pyrrole nitrogens is 1. The highest BCUT2D eigenvalue weighted by atomic mass is 16.2. The number of aromatic nitrogens is 2. The molecule has 1 aromatic carbocycles. The average molecular weight is 288 g/mol. The first kappa shape index (κ1) is 15.5. The molecule has 0 atom stereocenters. The molecule has 0 aliphatic heterocycles. The van der Waals surface area contributed by atoms with Gasteiger partial charge < -0.3 is 14.8 Å². The van der Waals surface area contributed by atoms with E-state index in [0.717, 1.165) is 30.7 Å². The predicted molar refractivity (Wildman–Crippen MR) is 85.4 cm³/mol. The normalized spacial score (nSPS) is 11.5. The Balaban J connectivity index is 2.18. The van der Waals surface area contributed by atoms with Crippen molar-refractivity contribution in [2.75, 3.05) is 33.7 Å². The van der Waals surface area contributed by atoms with Gasteiger partial charge in [0.1, 0.15) is 0 Å². The first-order valence-corrected chi connectivity index (χ1v) is 7.34. The minimum absolute atomic E-state index is 0.0852. The van der Waals surface area contributed by atoms with Crippen LogP contribution in [0.5, 0.6) is 0 Å². The number of likely N-dealkylation sites (N-methyl/N-ethyl adjacent to an activating group) is 1. The molecule has 5 nitrogen and oxygen atoms in total. The van der Waals surface area contributed by atoms with E-state index < -0.39 is 0 Å². The Morgan fingerprint density at radius 1 is 1.29 bits per heavy atom. The largest absolute Gasteiger partial charge is 0.345 e. The van der Waals surface area contributed by atoms with Gasteiger partial charge in [-0.05, 0) is 38.2 Å². The molecule has 2 rings (SSSR count). The molecular formula is C16H24N4O. The fourth-order valence-electron chi connectivity index (χ4n) is 2.29. The number of fused-ring (bicyclic) bond motifs is 1. The van der Waals surface area contributed by atoms with Gasteiger partial charge in [-0.25, -0.2) is 4.98 Å².